The summed E-state index contributed by atoms with van der Waals surface area (Å²) in [5, 5.41) is 0.256. The van der Waals surface area contributed by atoms with Gasteiger partial charge in [-0.15, -0.1) is 0 Å². The Kier molecular flexibility index (Phi) is 3.80. The summed E-state index contributed by atoms with van der Waals surface area (Å²) in [7, 11) is -3.76. The maximum atomic E-state index is 12.4. The fraction of sp³-hybridized carbons (Fsp3) is 0.455. The van der Waals surface area contributed by atoms with Crippen molar-refractivity contribution in [2.75, 3.05) is 6.54 Å². The predicted molar refractivity (Wildman–Crippen MR) is 70.1 cm³/mol. The molecular formula is C11H14ClN3O3S. The van der Waals surface area contributed by atoms with E-state index < -0.39 is 22.0 Å². The van der Waals surface area contributed by atoms with Crippen molar-refractivity contribution in [1.29, 1.82) is 0 Å². The Bertz CT molecular complexity index is 618. The predicted octanol–water partition coefficient (Wildman–Crippen LogP) is 0.682. The number of halogens is 1. The number of aryl methyl sites for hydroxylation is 1. The molecule has 104 valence electrons. The van der Waals surface area contributed by atoms with Gasteiger partial charge in [-0.1, -0.05) is 11.6 Å². The van der Waals surface area contributed by atoms with Gasteiger partial charge in [0.05, 0.1) is 0 Å². The third kappa shape index (κ3) is 2.58. The van der Waals surface area contributed by atoms with Crippen molar-refractivity contribution in [3.05, 3.63) is 23.0 Å². The highest BCUT2D eigenvalue weighted by atomic mass is 35.5. The summed E-state index contributed by atoms with van der Waals surface area (Å²) in [4.78, 5) is 15.2. The lowest BCUT2D eigenvalue weighted by atomic mass is 10.2. The number of aromatic nitrogens is 1. The van der Waals surface area contributed by atoms with Gasteiger partial charge in [-0.05, 0) is 31.4 Å². The molecule has 0 radical (unpaired) electrons. The molecule has 1 aromatic rings. The van der Waals surface area contributed by atoms with Crippen molar-refractivity contribution >= 4 is 27.5 Å². The number of carbonyl (C=O) groups is 1. The summed E-state index contributed by atoms with van der Waals surface area (Å²) in [5.41, 5.74) is 5.80. The summed E-state index contributed by atoms with van der Waals surface area (Å²) < 4.78 is 26.0. The van der Waals surface area contributed by atoms with Gasteiger partial charge in [0.15, 0.2) is 0 Å². The summed E-state index contributed by atoms with van der Waals surface area (Å²) >= 11 is 5.78. The summed E-state index contributed by atoms with van der Waals surface area (Å²) in [5.74, 6) is -0.625. The normalized spacial score (nSPS) is 20.6. The summed E-state index contributed by atoms with van der Waals surface area (Å²) in [6.45, 7) is 1.96. The fourth-order valence-corrected chi connectivity index (χ4v) is 3.92. The van der Waals surface area contributed by atoms with Gasteiger partial charge >= 0.3 is 0 Å². The minimum atomic E-state index is -3.76. The van der Waals surface area contributed by atoms with Gasteiger partial charge in [0.2, 0.25) is 15.9 Å². The molecule has 1 unspecified atom stereocenters. The van der Waals surface area contributed by atoms with Crippen LogP contribution < -0.4 is 5.73 Å². The second-order valence-electron chi connectivity index (χ2n) is 4.45. The zero-order chi connectivity index (χ0) is 14.2. The highest BCUT2D eigenvalue weighted by Crippen LogP contribution is 2.27. The van der Waals surface area contributed by atoms with Crippen LogP contribution in [0.1, 0.15) is 18.4 Å². The van der Waals surface area contributed by atoms with Crippen LogP contribution in [0.15, 0.2) is 17.2 Å². The topological polar surface area (TPSA) is 93.4 Å². The maximum Gasteiger partial charge on any atom is 0.245 e. The molecule has 2 N–H and O–H groups in total. The first kappa shape index (κ1) is 14.2. The number of nitrogens with two attached hydrogens (primary N) is 1. The number of hydrogen-bond donors (Lipinski definition) is 1. The number of carbonyl (C=O) groups excluding carboxylic acids is 1. The van der Waals surface area contributed by atoms with E-state index in [1.807, 2.05) is 0 Å². The molecule has 1 atom stereocenters. The van der Waals surface area contributed by atoms with E-state index in [1.54, 1.807) is 6.92 Å². The van der Waals surface area contributed by atoms with Gasteiger partial charge in [0.25, 0.3) is 0 Å². The molecule has 0 bridgehead atoms. The Labute approximate surface area is 116 Å². The number of primary amides is 1. The molecule has 1 aliphatic rings. The highest BCUT2D eigenvalue weighted by molar-refractivity contribution is 7.89. The summed E-state index contributed by atoms with van der Waals surface area (Å²) in [6.07, 6.45) is 2.27. The summed E-state index contributed by atoms with van der Waals surface area (Å²) in [6, 6.07) is 0.669. The minimum Gasteiger partial charge on any atom is -0.368 e. The Morgan fingerprint density at radius 3 is 2.84 bits per heavy atom. The average Bonchev–Trinajstić information content (AvgIpc) is 2.82. The lowest BCUT2D eigenvalue weighted by Gasteiger charge is -2.21. The number of amides is 1. The molecule has 1 fully saturated rings. The number of nitrogens with zero attached hydrogens (tertiary/aromatic N) is 2. The van der Waals surface area contributed by atoms with E-state index in [1.165, 1.54) is 12.3 Å². The van der Waals surface area contributed by atoms with Crippen LogP contribution in [-0.4, -0.2) is 36.2 Å². The average molecular weight is 304 g/mol. The Morgan fingerprint density at radius 1 is 1.58 bits per heavy atom. The van der Waals surface area contributed by atoms with Crippen molar-refractivity contribution in [2.24, 2.45) is 5.73 Å². The van der Waals surface area contributed by atoms with Gasteiger partial charge in [-0.2, -0.15) is 4.31 Å². The lowest BCUT2D eigenvalue weighted by Crippen LogP contribution is -2.43. The van der Waals surface area contributed by atoms with Crippen LogP contribution in [0.3, 0.4) is 0 Å². The Morgan fingerprint density at radius 2 is 2.26 bits per heavy atom. The van der Waals surface area contributed by atoms with E-state index in [2.05, 4.69) is 4.98 Å². The first-order chi connectivity index (χ1) is 8.84. The second kappa shape index (κ2) is 5.07. The molecule has 1 amide bonds. The standard InChI is InChI=1S/C11H14ClN3O3S/c1-7-5-8(6-14-10(7)12)19(17,18)15-4-2-3-9(15)11(13)16/h5-6,9H,2-4H2,1H3,(H2,13,16). The van der Waals surface area contributed by atoms with Crippen LogP contribution in [0.5, 0.6) is 0 Å². The molecule has 2 heterocycles. The number of hydrogen-bond acceptors (Lipinski definition) is 4. The van der Waals surface area contributed by atoms with Crippen molar-refractivity contribution in [3.63, 3.8) is 0 Å². The second-order valence-corrected chi connectivity index (χ2v) is 6.70. The largest absolute Gasteiger partial charge is 0.368 e. The third-order valence-electron chi connectivity index (χ3n) is 3.13. The van der Waals surface area contributed by atoms with Crippen molar-refractivity contribution < 1.29 is 13.2 Å². The van der Waals surface area contributed by atoms with Crippen LogP contribution in [0.2, 0.25) is 5.15 Å². The van der Waals surface area contributed by atoms with E-state index in [0.717, 1.165) is 4.31 Å². The number of pyridine rings is 1. The monoisotopic (exact) mass is 303 g/mol. The van der Waals surface area contributed by atoms with Crippen LogP contribution in [0.4, 0.5) is 0 Å². The van der Waals surface area contributed by atoms with Gasteiger partial charge < -0.3 is 5.73 Å². The molecule has 6 nitrogen and oxygen atoms in total. The van der Waals surface area contributed by atoms with Crippen molar-refractivity contribution in [2.45, 2.75) is 30.7 Å². The zero-order valence-corrected chi connectivity index (χ0v) is 11.9. The lowest BCUT2D eigenvalue weighted by molar-refractivity contribution is -0.121. The van der Waals surface area contributed by atoms with E-state index in [0.29, 0.717) is 18.4 Å². The van der Waals surface area contributed by atoms with Gasteiger partial charge in [0.1, 0.15) is 16.1 Å². The molecule has 8 heteroatoms. The van der Waals surface area contributed by atoms with Crippen LogP contribution in [0.25, 0.3) is 0 Å². The first-order valence-corrected chi connectivity index (χ1v) is 7.59. The highest BCUT2D eigenvalue weighted by Gasteiger charge is 2.38. The van der Waals surface area contributed by atoms with Crippen molar-refractivity contribution in [3.8, 4) is 0 Å². The molecule has 1 aliphatic heterocycles. The quantitative estimate of drug-likeness (QED) is 0.831. The van der Waals surface area contributed by atoms with Gasteiger partial charge in [0, 0.05) is 12.7 Å². The van der Waals surface area contributed by atoms with Crippen LogP contribution in [-0.2, 0) is 14.8 Å². The first-order valence-electron chi connectivity index (χ1n) is 5.77. The van der Waals surface area contributed by atoms with Gasteiger partial charge in [-0.3, -0.25) is 4.79 Å². The third-order valence-corrected chi connectivity index (χ3v) is 5.40. The van der Waals surface area contributed by atoms with Crippen molar-refractivity contribution in [1.82, 2.24) is 9.29 Å². The molecule has 0 spiro atoms. The van der Waals surface area contributed by atoms with E-state index >= 15 is 0 Å². The molecule has 1 saturated heterocycles. The Hall–Kier alpha value is -1.18. The molecule has 19 heavy (non-hydrogen) atoms. The smallest absolute Gasteiger partial charge is 0.245 e. The van der Waals surface area contributed by atoms with E-state index in [9.17, 15) is 13.2 Å². The molecule has 0 saturated carbocycles. The molecule has 0 aliphatic carbocycles. The molecule has 1 aromatic heterocycles. The number of sulfonamides is 1. The SMILES string of the molecule is Cc1cc(S(=O)(=O)N2CCCC2C(N)=O)cnc1Cl. The van der Waals surface area contributed by atoms with E-state index in [-0.39, 0.29) is 16.6 Å². The van der Waals surface area contributed by atoms with Gasteiger partial charge in [-0.25, -0.2) is 13.4 Å². The van der Waals surface area contributed by atoms with Crippen LogP contribution >= 0.6 is 11.6 Å². The maximum absolute atomic E-state index is 12.4. The number of rotatable bonds is 3. The molecule has 0 aromatic carbocycles. The minimum absolute atomic E-state index is 0.0301. The molecule has 2 rings (SSSR count). The van der Waals surface area contributed by atoms with E-state index in [4.69, 9.17) is 17.3 Å². The molecular weight excluding hydrogens is 290 g/mol. The van der Waals surface area contributed by atoms with Crippen LogP contribution in [0, 0.1) is 6.92 Å². The Balaban J connectivity index is 2.42. The fourth-order valence-electron chi connectivity index (χ4n) is 2.12. The zero-order valence-electron chi connectivity index (χ0n) is 10.3.